The molecular weight excluding hydrogens is 719 g/mol. The van der Waals surface area contributed by atoms with Crippen LogP contribution in [0.5, 0.6) is 5.75 Å². The number of nitrogens with zero attached hydrogens (tertiary/aromatic N) is 3. The van der Waals surface area contributed by atoms with E-state index in [-0.39, 0.29) is 28.4 Å². The van der Waals surface area contributed by atoms with Crippen LogP contribution in [0, 0.1) is 6.92 Å². The molecule has 296 valence electrons. The minimum absolute atomic E-state index is 0.0784. The maximum absolute atomic E-state index is 12.4. The number of para-hydroxylation sites is 1. The predicted octanol–water partition coefficient (Wildman–Crippen LogP) is 14.7. The number of phenols is 1. The number of aromatic hydroxyl groups is 1. The van der Waals surface area contributed by atoms with Crippen LogP contribution in [0.4, 0.5) is 0 Å². The number of hydrogen-bond acceptors (Lipinski definition) is 3. The summed E-state index contributed by atoms with van der Waals surface area (Å²) in [7, 11) is 0. The molecule has 4 nitrogen and oxygen atoms in total. The molecule has 0 bridgehead atoms. The number of benzene rings is 6. The number of fused-ring (bicyclic) bond motifs is 1. The first-order valence-electron chi connectivity index (χ1n) is 27.8. The summed E-state index contributed by atoms with van der Waals surface area (Å²) in [6.45, 7) is 3.00. The second-order valence-electron chi connectivity index (χ2n) is 17.0. The Bertz CT molecular complexity index is 3570. The van der Waals surface area contributed by atoms with Crippen molar-refractivity contribution >= 4 is 11.0 Å². The molecule has 4 heteroatoms. The van der Waals surface area contributed by atoms with Gasteiger partial charge >= 0.3 is 0 Å². The molecule has 0 aliphatic rings. The molecule has 8 aromatic rings. The first-order chi connectivity index (χ1) is 35.0. The summed E-state index contributed by atoms with van der Waals surface area (Å²) in [6, 6.07) is 22.8. The fraction of sp³-hybridized carbons (Fsp3) is 0.236. The zero-order chi connectivity index (χ0) is 56.3. The Morgan fingerprint density at radius 2 is 1.36 bits per heavy atom. The van der Waals surface area contributed by atoms with Gasteiger partial charge < -0.3 is 5.11 Å². The summed E-state index contributed by atoms with van der Waals surface area (Å²) in [6.07, 6.45) is -0.595. The van der Waals surface area contributed by atoms with Crippen LogP contribution < -0.4 is 0 Å². The van der Waals surface area contributed by atoms with Gasteiger partial charge in [0.15, 0.2) is 0 Å². The highest BCUT2D eigenvalue weighted by molar-refractivity contribution is 5.98. The van der Waals surface area contributed by atoms with Gasteiger partial charge in [0.2, 0.25) is 0 Å². The average Bonchev–Trinajstić information content (AvgIpc) is 3.73. The number of aromatic nitrogens is 3. The topological polar surface area (TPSA) is 50.9 Å². The SMILES string of the molecule is [2H]c1nc(-c2cc(-c3cccc4c3nc(-c3cc(C)cc(C(C)(C)C)c3O)n4-c3ccc(C(C([2H])([2H])[2H])(C([2H])([2H])[2H])C([2H])([2H])[2H])cc3-c3ccccc3)cc(C(C)(C)C)c2)c([2H])c(-c2c([2H])c([2H])c([2H])c([2H])c2[2H])c1[2H]. The molecule has 0 saturated heterocycles. The Kier molecular flexibility index (Phi) is 6.03. The lowest BCUT2D eigenvalue weighted by molar-refractivity contribution is 0.448. The van der Waals surface area contributed by atoms with Gasteiger partial charge in [-0.25, -0.2) is 4.98 Å². The molecule has 1 N–H and O–H groups in total. The molecule has 8 rings (SSSR count). The third-order valence-corrected chi connectivity index (χ3v) is 10.5. The Hall–Kier alpha value is -6.26. The summed E-state index contributed by atoms with van der Waals surface area (Å²) < 4.78 is 148. The summed E-state index contributed by atoms with van der Waals surface area (Å²) in [5.74, 6) is 0.133. The van der Waals surface area contributed by atoms with E-state index in [1.807, 2.05) is 66.7 Å². The third kappa shape index (κ3) is 7.72. The van der Waals surface area contributed by atoms with E-state index in [1.165, 1.54) is 18.2 Å². The number of pyridine rings is 1. The van der Waals surface area contributed by atoms with Gasteiger partial charge in [0, 0.05) is 40.8 Å². The lowest BCUT2D eigenvalue weighted by Crippen LogP contribution is -2.13. The lowest BCUT2D eigenvalue weighted by atomic mass is 9.83. The highest BCUT2D eigenvalue weighted by atomic mass is 16.3. The summed E-state index contributed by atoms with van der Waals surface area (Å²) in [5, 5.41) is 12.4. The number of hydrogen-bond donors (Lipinski definition) is 1. The van der Waals surface area contributed by atoms with E-state index in [0.29, 0.717) is 50.1 Å². The van der Waals surface area contributed by atoms with Gasteiger partial charge in [-0.3, -0.25) is 9.55 Å². The quantitative estimate of drug-likeness (QED) is 0.182. The molecule has 0 spiro atoms. The fourth-order valence-corrected chi connectivity index (χ4v) is 7.40. The van der Waals surface area contributed by atoms with Crippen LogP contribution in [0.2, 0.25) is 0 Å². The largest absolute Gasteiger partial charge is 0.507 e. The first-order valence-corrected chi connectivity index (χ1v) is 19.3. The highest BCUT2D eigenvalue weighted by Crippen LogP contribution is 2.45. The molecule has 0 fully saturated rings. The van der Waals surface area contributed by atoms with Gasteiger partial charge in [-0.2, -0.15) is 0 Å². The van der Waals surface area contributed by atoms with Crippen molar-refractivity contribution in [2.45, 2.75) is 85.3 Å². The third-order valence-electron chi connectivity index (χ3n) is 10.5. The normalized spacial score (nSPS) is 17.1. The maximum Gasteiger partial charge on any atom is 0.149 e. The minimum Gasteiger partial charge on any atom is -0.507 e. The molecule has 0 amide bonds. The molecule has 0 aliphatic heterocycles. The van der Waals surface area contributed by atoms with E-state index in [9.17, 15) is 6.48 Å². The number of phenolic OH excluding ortho intramolecular Hbond substituents is 1. The van der Waals surface area contributed by atoms with E-state index in [2.05, 4.69) is 4.98 Å². The van der Waals surface area contributed by atoms with Gasteiger partial charge in [0.25, 0.3) is 0 Å². The molecule has 2 heterocycles. The van der Waals surface area contributed by atoms with Crippen molar-refractivity contribution in [2.24, 2.45) is 0 Å². The molecule has 59 heavy (non-hydrogen) atoms. The summed E-state index contributed by atoms with van der Waals surface area (Å²) in [5.41, 5.74) is -0.140. The molecule has 0 atom stereocenters. The molecule has 6 aromatic carbocycles. The van der Waals surface area contributed by atoms with Crippen LogP contribution in [0.3, 0.4) is 0 Å². The fourth-order valence-electron chi connectivity index (χ4n) is 7.40. The van der Waals surface area contributed by atoms with Crippen molar-refractivity contribution in [1.29, 1.82) is 0 Å². The molecular formula is C55H55N3O. The van der Waals surface area contributed by atoms with Crippen LogP contribution in [0.1, 0.15) is 108 Å². The molecule has 0 saturated carbocycles. The monoisotopic (exact) mass is 791 g/mol. The Labute approximate surface area is 374 Å². The molecule has 0 unspecified atom stereocenters. The van der Waals surface area contributed by atoms with Crippen LogP contribution in [0.25, 0.3) is 72.7 Å². The second kappa shape index (κ2) is 14.8. The summed E-state index contributed by atoms with van der Waals surface area (Å²) >= 11 is 0. The van der Waals surface area contributed by atoms with Crippen molar-refractivity contribution < 1.29 is 28.4 Å². The van der Waals surface area contributed by atoms with Gasteiger partial charge in [-0.1, -0.05) is 153 Å². The first kappa shape index (κ1) is 24.0. The predicted molar refractivity (Wildman–Crippen MR) is 249 cm³/mol. The van der Waals surface area contributed by atoms with E-state index in [1.54, 1.807) is 65.2 Å². The minimum atomic E-state index is -3.55. The average molecular weight is 791 g/mol. The van der Waals surface area contributed by atoms with Crippen LogP contribution in [0.15, 0.2) is 146 Å². The van der Waals surface area contributed by atoms with Crippen molar-refractivity contribution in [3.63, 3.8) is 0 Å². The van der Waals surface area contributed by atoms with Crippen molar-refractivity contribution in [1.82, 2.24) is 14.5 Å². The lowest BCUT2D eigenvalue weighted by Gasteiger charge is -2.24. The van der Waals surface area contributed by atoms with Crippen molar-refractivity contribution in [3.8, 4) is 67.5 Å². The van der Waals surface area contributed by atoms with Gasteiger partial charge in [-0.15, -0.1) is 0 Å². The van der Waals surface area contributed by atoms with Crippen molar-refractivity contribution in [2.75, 3.05) is 0 Å². The van der Waals surface area contributed by atoms with Gasteiger partial charge in [0.1, 0.15) is 11.6 Å². The highest BCUT2D eigenvalue weighted by Gasteiger charge is 2.28. The Balaban J connectivity index is 1.51. The zero-order valence-corrected chi connectivity index (χ0v) is 34.0. The number of aryl methyl sites for hydroxylation is 1. The van der Waals surface area contributed by atoms with E-state index in [0.717, 1.165) is 11.1 Å². The summed E-state index contributed by atoms with van der Waals surface area (Å²) in [4.78, 5) is 9.76. The number of rotatable bonds is 6. The smallest absolute Gasteiger partial charge is 0.149 e. The van der Waals surface area contributed by atoms with Crippen molar-refractivity contribution in [3.05, 3.63) is 168 Å². The number of imidazole rings is 1. The Morgan fingerprint density at radius 3 is 2.07 bits per heavy atom. The van der Waals surface area contributed by atoms with Crippen LogP contribution in [-0.4, -0.2) is 19.6 Å². The molecule has 2 aromatic heterocycles. The maximum atomic E-state index is 12.4. The van der Waals surface area contributed by atoms with E-state index < -0.39 is 96.4 Å². The molecule has 0 aliphatic carbocycles. The molecule has 0 radical (unpaired) electrons. The van der Waals surface area contributed by atoms with Gasteiger partial charge in [-0.05, 0) is 111 Å². The second-order valence-corrected chi connectivity index (χ2v) is 17.0. The standard InChI is InChI=1S/C55H55N3O/c1-35-28-45(51(59)46(29-35)55(8,9)10)52-57-50-43(22-17-23-49(50)58(52)48-25-24-41(53(2,3)4)34-44(48)37-20-15-12-16-21-37)39-30-40(32-42(31-39)54(5,6)7)47-33-38(26-27-56-47)36-18-13-11-14-19-36/h11-34,59H,1-10H3/i2D3,3D3,4D3,11D,13D,14D,18D,19D,26D,27D,33D. The Morgan fingerprint density at radius 1 is 0.610 bits per heavy atom. The van der Waals surface area contributed by atoms with Crippen LogP contribution in [-0.2, 0) is 16.2 Å². The van der Waals surface area contributed by atoms with Crippen LogP contribution >= 0.6 is 0 Å². The van der Waals surface area contributed by atoms with E-state index >= 15 is 0 Å². The van der Waals surface area contributed by atoms with Gasteiger partial charge in [0.05, 0.1) is 38.9 Å². The zero-order valence-electron chi connectivity index (χ0n) is 51.0. The van der Waals surface area contributed by atoms with E-state index in [4.69, 9.17) is 26.9 Å².